The summed E-state index contributed by atoms with van der Waals surface area (Å²) in [7, 11) is 0. The van der Waals surface area contributed by atoms with Gasteiger partial charge in [-0.05, 0) is 13.0 Å². The molecule has 2 N–H and O–H groups in total. The second kappa shape index (κ2) is 4.88. The maximum atomic E-state index is 12.0. The van der Waals surface area contributed by atoms with Gasteiger partial charge in [-0.15, -0.1) is 6.58 Å². The van der Waals surface area contributed by atoms with Gasteiger partial charge in [0.2, 0.25) is 0 Å². The Balaban J connectivity index is 4.62. The van der Waals surface area contributed by atoms with Gasteiger partial charge < -0.3 is 5.73 Å². The van der Waals surface area contributed by atoms with Gasteiger partial charge in [-0.2, -0.15) is 13.2 Å². The Morgan fingerprint density at radius 2 is 1.86 bits per heavy atom. The van der Waals surface area contributed by atoms with Gasteiger partial charge in [0.1, 0.15) is 0 Å². The zero-order valence-electron chi connectivity index (χ0n) is 8.23. The lowest BCUT2D eigenvalue weighted by Crippen LogP contribution is -2.09. The van der Waals surface area contributed by atoms with Crippen LogP contribution in [0, 0.1) is 5.92 Å². The highest BCUT2D eigenvalue weighted by atomic mass is 19.4. The van der Waals surface area contributed by atoms with Crippen LogP contribution in [0.15, 0.2) is 36.1 Å². The third-order valence-electron chi connectivity index (χ3n) is 1.85. The zero-order chi connectivity index (χ0) is 11.4. The Bertz CT molecular complexity index is 261. The molecule has 0 saturated carbocycles. The first-order valence-electron chi connectivity index (χ1n) is 4.12. The van der Waals surface area contributed by atoms with E-state index in [9.17, 15) is 13.2 Å². The van der Waals surface area contributed by atoms with E-state index in [4.69, 9.17) is 5.73 Å². The molecule has 0 aliphatic carbocycles. The molecule has 0 heterocycles. The van der Waals surface area contributed by atoms with Crippen molar-refractivity contribution in [2.45, 2.75) is 20.0 Å². The molecule has 0 saturated heterocycles. The van der Waals surface area contributed by atoms with E-state index in [1.165, 1.54) is 6.08 Å². The first-order chi connectivity index (χ1) is 6.29. The Morgan fingerprint density at radius 1 is 1.36 bits per heavy atom. The second-order valence-electron chi connectivity index (χ2n) is 3.04. The number of halogens is 3. The molecule has 0 aliphatic rings. The first kappa shape index (κ1) is 12.8. The lowest BCUT2D eigenvalue weighted by Gasteiger charge is -2.07. The fourth-order valence-electron chi connectivity index (χ4n) is 0.604. The molecule has 0 rings (SSSR count). The molecule has 80 valence electrons. The minimum absolute atomic E-state index is 0.118. The van der Waals surface area contributed by atoms with Crippen molar-refractivity contribution in [1.82, 2.24) is 0 Å². The van der Waals surface area contributed by atoms with E-state index in [0.29, 0.717) is 5.70 Å². The monoisotopic (exact) mass is 205 g/mol. The summed E-state index contributed by atoms with van der Waals surface area (Å²) in [6, 6.07) is 0. The summed E-state index contributed by atoms with van der Waals surface area (Å²) in [6.45, 7) is 6.26. The van der Waals surface area contributed by atoms with Gasteiger partial charge in [-0.25, -0.2) is 0 Å². The Kier molecular flexibility index (Phi) is 4.47. The Labute approximate surface area is 81.8 Å². The van der Waals surface area contributed by atoms with Crippen LogP contribution in [0.1, 0.15) is 13.8 Å². The third-order valence-corrected chi connectivity index (χ3v) is 1.85. The predicted octanol–water partition coefficient (Wildman–Crippen LogP) is 3.16. The summed E-state index contributed by atoms with van der Waals surface area (Å²) in [5.74, 6) is -0.118. The van der Waals surface area contributed by atoms with Crippen LogP contribution in [-0.4, -0.2) is 6.18 Å². The van der Waals surface area contributed by atoms with Crippen LogP contribution in [0.25, 0.3) is 0 Å². The summed E-state index contributed by atoms with van der Waals surface area (Å²) in [6.07, 6.45) is -0.485. The van der Waals surface area contributed by atoms with Crippen molar-refractivity contribution in [3.63, 3.8) is 0 Å². The van der Waals surface area contributed by atoms with Gasteiger partial charge >= 0.3 is 6.18 Å². The van der Waals surface area contributed by atoms with Crippen LogP contribution in [-0.2, 0) is 0 Å². The number of hydrogen-bond donors (Lipinski definition) is 1. The van der Waals surface area contributed by atoms with Crippen LogP contribution in [0.5, 0.6) is 0 Å². The van der Waals surface area contributed by atoms with Gasteiger partial charge in [0.25, 0.3) is 0 Å². The summed E-state index contributed by atoms with van der Waals surface area (Å²) in [5.41, 5.74) is 5.19. The van der Waals surface area contributed by atoms with E-state index in [-0.39, 0.29) is 5.92 Å². The number of rotatable bonds is 3. The van der Waals surface area contributed by atoms with E-state index in [1.807, 2.05) is 0 Å². The van der Waals surface area contributed by atoms with Crippen molar-refractivity contribution in [3.8, 4) is 0 Å². The van der Waals surface area contributed by atoms with Crippen molar-refractivity contribution < 1.29 is 13.2 Å². The molecular weight excluding hydrogens is 191 g/mol. The summed E-state index contributed by atoms with van der Waals surface area (Å²) in [5, 5.41) is 0. The Morgan fingerprint density at radius 3 is 2.21 bits per heavy atom. The van der Waals surface area contributed by atoms with Crippen LogP contribution in [0.4, 0.5) is 13.2 Å². The molecule has 0 spiro atoms. The highest BCUT2D eigenvalue weighted by Gasteiger charge is 2.29. The highest BCUT2D eigenvalue weighted by molar-refractivity contribution is 5.20. The van der Waals surface area contributed by atoms with E-state index in [0.717, 1.165) is 13.0 Å². The van der Waals surface area contributed by atoms with Crippen LogP contribution in [0.3, 0.4) is 0 Å². The zero-order valence-corrected chi connectivity index (χ0v) is 8.23. The van der Waals surface area contributed by atoms with E-state index in [2.05, 4.69) is 6.58 Å². The number of hydrogen-bond acceptors (Lipinski definition) is 1. The standard InChI is InChI=1S/C10H14F3N/c1-4-7(2)9(14)6-5-8(3)10(11,12)13/h4-7H,1,14H2,2-3H3/b8-5+,9-6+. The molecule has 0 fully saturated rings. The van der Waals surface area contributed by atoms with Crippen LogP contribution in [0.2, 0.25) is 0 Å². The van der Waals surface area contributed by atoms with Gasteiger partial charge in [-0.3, -0.25) is 0 Å². The quantitative estimate of drug-likeness (QED) is 0.555. The highest BCUT2D eigenvalue weighted by Crippen LogP contribution is 2.24. The van der Waals surface area contributed by atoms with Crippen LogP contribution < -0.4 is 5.73 Å². The molecule has 0 bridgehead atoms. The largest absolute Gasteiger partial charge is 0.412 e. The van der Waals surface area contributed by atoms with E-state index in [1.54, 1.807) is 13.0 Å². The van der Waals surface area contributed by atoms with Gasteiger partial charge in [-0.1, -0.05) is 19.1 Å². The lowest BCUT2D eigenvalue weighted by molar-refractivity contribution is -0.0912. The molecule has 14 heavy (non-hydrogen) atoms. The normalized spacial score (nSPS) is 16.6. The predicted molar refractivity (Wildman–Crippen MR) is 51.4 cm³/mol. The van der Waals surface area contributed by atoms with Crippen molar-refractivity contribution in [2.24, 2.45) is 11.7 Å². The molecular formula is C10H14F3N. The Hall–Kier alpha value is -1.19. The maximum absolute atomic E-state index is 12.0. The van der Waals surface area contributed by atoms with E-state index < -0.39 is 11.7 Å². The number of alkyl halides is 3. The topological polar surface area (TPSA) is 26.0 Å². The average Bonchev–Trinajstić information content (AvgIpc) is 2.10. The maximum Gasteiger partial charge on any atom is 0.412 e. The van der Waals surface area contributed by atoms with Crippen LogP contribution >= 0.6 is 0 Å². The fourth-order valence-corrected chi connectivity index (χ4v) is 0.604. The van der Waals surface area contributed by atoms with E-state index >= 15 is 0 Å². The molecule has 1 atom stereocenters. The smallest absolute Gasteiger partial charge is 0.402 e. The summed E-state index contributed by atoms with van der Waals surface area (Å²) < 4.78 is 36.1. The van der Waals surface area contributed by atoms with Gasteiger partial charge in [0, 0.05) is 17.2 Å². The minimum Gasteiger partial charge on any atom is -0.402 e. The molecule has 1 unspecified atom stereocenters. The number of nitrogens with two attached hydrogens (primary N) is 1. The summed E-state index contributed by atoms with van der Waals surface area (Å²) in [4.78, 5) is 0. The minimum atomic E-state index is -4.28. The molecule has 0 aromatic rings. The molecule has 0 amide bonds. The van der Waals surface area contributed by atoms with Gasteiger partial charge in [0.15, 0.2) is 0 Å². The molecule has 0 radical (unpaired) electrons. The summed E-state index contributed by atoms with van der Waals surface area (Å²) >= 11 is 0. The second-order valence-corrected chi connectivity index (χ2v) is 3.04. The fraction of sp³-hybridized carbons (Fsp3) is 0.400. The molecule has 0 aliphatic heterocycles. The SMILES string of the molecule is C=CC(C)/C(N)=C\C=C(/C)C(F)(F)F. The average molecular weight is 205 g/mol. The van der Waals surface area contributed by atoms with Crippen molar-refractivity contribution in [2.75, 3.05) is 0 Å². The third kappa shape index (κ3) is 4.16. The number of allylic oxidation sites excluding steroid dienone is 4. The van der Waals surface area contributed by atoms with Crippen molar-refractivity contribution in [1.29, 1.82) is 0 Å². The van der Waals surface area contributed by atoms with Gasteiger partial charge in [0.05, 0.1) is 0 Å². The molecule has 0 aromatic heterocycles. The molecule has 1 nitrogen and oxygen atoms in total. The lowest BCUT2D eigenvalue weighted by atomic mass is 10.1. The van der Waals surface area contributed by atoms with Crippen molar-refractivity contribution in [3.05, 3.63) is 36.1 Å². The van der Waals surface area contributed by atoms with Crippen molar-refractivity contribution >= 4 is 0 Å². The molecule has 0 aromatic carbocycles. The molecule has 4 heteroatoms. The first-order valence-corrected chi connectivity index (χ1v) is 4.12.